The molecule has 1 saturated heterocycles. The molecule has 0 unspecified atom stereocenters. The van der Waals surface area contributed by atoms with E-state index in [9.17, 15) is 9.90 Å². The van der Waals surface area contributed by atoms with E-state index in [1.165, 1.54) is 7.11 Å². The summed E-state index contributed by atoms with van der Waals surface area (Å²) < 4.78 is 15.2. The number of hydrogen-bond acceptors (Lipinski definition) is 5. The Hall–Kier alpha value is -0.690. The standard InChI is InChI=1S/C11H19NO5/c1-15-6-12-9(11(5-13)3-4-11)8(10(12)14)17-7-16-2/h8-9,13H,3-7H2,1-2H3/t8-,9-/m1/s1. The van der Waals surface area contributed by atoms with Gasteiger partial charge in [0.1, 0.15) is 13.5 Å². The topological polar surface area (TPSA) is 68.2 Å². The van der Waals surface area contributed by atoms with Crippen LogP contribution < -0.4 is 0 Å². The first-order valence-electron chi connectivity index (χ1n) is 5.71. The molecule has 17 heavy (non-hydrogen) atoms. The molecule has 0 aromatic rings. The van der Waals surface area contributed by atoms with Crippen LogP contribution in [0, 0.1) is 5.41 Å². The smallest absolute Gasteiger partial charge is 0.256 e. The molecule has 0 aromatic heterocycles. The largest absolute Gasteiger partial charge is 0.396 e. The molecule has 1 N–H and O–H groups in total. The summed E-state index contributed by atoms with van der Waals surface area (Å²) in [6, 6.07) is -0.0879. The number of rotatable bonds is 7. The van der Waals surface area contributed by atoms with Crippen LogP contribution in [0.3, 0.4) is 0 Å². The van der Waals surface area contributed by atoms with E-state index < -0.39 is 6.10 Å². The molecule has 1 heterocycles. The highest BCUT2D eigenvalue weighted by atomic mass is 16.7. The monoisotopic (exact) mass is 245 g/mol. The molecule has 98 valence electrons. The molecule has 0 aromatic carbocycles. The van der Waals surface area contributed by atoms with Crippen molar-refractivity contribution in [3.8, 4) is 0 Å². The molecule has 1 aliphatic carbocycles. The van der Waals surface area contributed by atoms with E-state index in [1.807, 2.05) is 0 Å². The van der Waals surface area contributed by atoms with Crippen LogP contribution >= 0.6 is 0 Å². The fraction of sp³-hybridized carbons (Fsp3) is 0.909. The number of nitrogens with zero attached hydrogens (tertiary/aromatic N) is 1. The van der Waals surface area contributed by atoms with Gasteiger partial charge in [0.2, 0.25) is 0 Å². The van der Waals surface area contributed by atoms with Crippen molar-refractivity contribution in [2.75, 3.05) is 34.4 Å². The minimum atomic E-state index is -0.500. The van der Waals surface area contributed by atoms with E-state index in [1.54, 1.807) is 12.0 Å². The maximum absolute atomic E-state index is 11.8. The summed E-state index contributed by atoms with van der Waals surface area (Å²) >= 11 is 0. The van der Waals surface area contributed by atoms with Gasteiger partial charge in [-0.25, -0.2) is 0 Å². The van der Waals surface area contributed by atoms with Gasteiger partial charge in [0.05, 0.1) is 12.6 Å². The first kappa shape index (κ1) is 12.8. The van der Waals surface area contributed by atoms with Gasteiger partial charge in [-0.2, -0.15) is 0 Å². The molecule has 6 nitrogen and oxygen atoms in total. The van der Waals surface area contributed by atoms with E-state index >= 15 is 0 Å². The van der Waals surface area contributed by atoms with Crippen LogP contribution in [-0.2, 0) is 19.0 Å². The van der Waals surface area contributed by atoms with Crippen LogP contribution in [0.1, 0.15) is 12.8 Å². The maximum Gasteiger partial charge on any atom is 0.256 e. The predicted octanol–water partition coefficient (Wildman–Crippen LogP) is -0.437. The van der Waals surface area contributed by atoms with Crippen LogP contribution in [0.2, 0.25) is 0 Å². The van der Waals surface area contributed by atoms with Gasteiger partial charge >= 0.3 is 0 Å². The number of ether oxygens (including phenoxy) is 3. The van der Waals surface area contributed by atoms with Gasteiger partial charge in [-0.15, -0.1) is 0 Å². The zero-order valence-electron chi connectivity index (χ0n) is 10.2. The minimum absolute atomic E-state index is 0.0814. The highest BCUT2D eigenvalue weighted by molar-refractivity contribution is 5.89. The first-order valence-corrected chi connectivity index (χ1v) is 5.71. The SMILES string of the molecule is COCO[C@H]1C(=O)N(COC)[C@H]1C1(CO)CC1. The van der Waals surface area contributed by atoms with E-state index in [0.29, 0.717) is 0 Å². The second-order valence-corrected chi connectivity index (χ2v) is 4.68. The second kappa shape index (κ2) is 4.89. The fourth-order valence-corrected chi connectivity index (χ4v) is 2.46. The van der Waals surface area contributed by atoms with Gasteiger partial charge < -0.3 is 24.2 Å². The number of methoxy groups -OCH3 is 2. The molecule has 2 fully saturated rings. The Morgan fingerprint density at radius 1 is 1.41 bits per heavy atom. The lowest BCUT2D eigenvalue weighted by atomic mass is 9.84. The van der Waals surface area contributed by atoms with Gasteiger partial charge in [-0.1, -0.05) is 0 Å². The molecule has 2 atom stereocenters. The predicted molar refractivity (Wildman–Crippen MR) is 58.0 cm³/mol. The number of hydrogen-bond donors (Lipinski definition) is 1. The molecule has 2 rings (SSSR count). The molecule has 0 spiro atoms. The fourth-order valence-electron chi connectivity index (χ4n) is 2.46. The third-order valence-corrected chi connectivity index (χ3v) is 3.62. The second-order valence-electron chi connectivity index (χ2n) is 4.68. The average molecular weight is 245 g/mol. The number of amides is 1. The van der Waals surface area contributed by atoms with Gasteiger partial charge in [0.15, 0.2) is 6.10 Å². The lowest BCUT2D eigenvalue weighted by molar-refractivity contribution is -0.206. The van der Waals surface area contributed by atoms with Crippen LogP contribution in [-0.4, -0.2) is 62.4 Å². The highest BCUT2D eigenvalue weighted by Crippen LogP contribution is 2.54. The summed E-state index contributed by atoms with van der Waals surface area (Å²) in [6.45, 7) is 0.422. The van der Waals surface area contributed by atoms with E-state index in [0.717, 1.165) is 12.8 Å². The Morgan fingerprint density at radius 2 is 2.12 bits per heavy atom. The Bertz CT molecular complexity index is 292. The van der Waals surface area contributed by atoms with Gasteiger partial charge in [-0.3, -0.25) is 4.79 Å². The Labute approximate surface area is 100 Å². The van der Waals surface area contributed by atoms with Crippen LogP contribution in [0.4, 0.5) is 0 Å². The summed E-state index contributed by atoms with van der Waals surface area (Å²) in [5.41, 5.74) is -0.190. The third kappa shape index (κ3) is 2.06. The molecule has 1 saturated carbocycles. The number of aliphatic hydroxyl groups is 1. The summed E-state index contributed by atoms with van der Waals surface area (Å²) in [6.07, 6.45) is 1.35. The molecule has 6 heteroatoms. The van der Waals surface area contributed by atoms with Crippen molar-refractivity contribution >= 4 is 5.91 Å². The number of carbonyl (C=O) groups is 1. The number of likely N-dealkylation sites (tertiary alicyclic amines) is 1. The number of β-lactam (4-membered cyclic amide) rings is 1. The van der Waals surface area contributed by atoms with Crippen LogP contribution in [0.5, 0.6) is 0 Å². The zero-order valence-corrected chi connectivity index (χ0v) is 10.2. The lowest BCUT2D eigenvalue weighted by Gasteiger charge is -2.49. The van der Waals surface area contributed by atoms with E-state index in [4.69, 9.17) is 14.2 Å². The summed E-state index contributed by atoms with van der Waals surface area (Å²) in [5, 5.41) is 9.44. The number of carbonyl (C=O) groups excluding carboxylic acids is 1. The molecular formula is C11H19NO5. The Morgan fingerprint density at radius 3 is 2.59 bits per heavy atom. The molecule has 1 aliphatic heterocycles. The Balaban J connectivity index is 2.03. The first-order chi connectivity index (χ1) is 8.20. The third-order valence-electron chi connectivity index (χ3n) is 3.62. The summed E-state index contributed by atoms with van der Waals surface area (Å²) in [7, 11) is 3.07. The van der Waals surface area contributed by atoms with Gasteiger partial charge in [0, 0.05) is 19.6 Å². The van der Waals surface area contributed by atoms with Crippen LogP contribution in [0.15, 0.2) is 0 Å². The highest BCUT2D eigenvalue weighted by Gasteiger charge is 2.63. The van der Waals surface area contributed by atoms with Crippen molar-refractivity contribution in [1.29, 1.82) is 0 Å². The van der Waals surface area contributed by atoms with Crippen molar-refractivity contribution in [3.05, 3.63) is 0 Å². The van der Waals surface area contributed by atoms with Crippen molar-refractivity contribution < 1.29 is 24.1 Å². The van der Waals surface area contributed by atoms with E-state index in [2.05, 4.69) is 0 Å². The molecule has 2 aliphatic rings. The average Bonchev–Trinajstić information content (AvgIpc) is 3.12. The normalized spacial score (nSPS) is 30.3. The van der Waals surface area contributed by atoms with Crippen molar-refractivity contribution in [2.45, 2.75) is 25.0 Å². The van der Waals surface area contributed by atoms with E-state index in [-0.39, 0.29) is 37.5 Å². The minimum Gasteiger partial charge on any atom is -0.396 e. The molecule has 0 bridgehead atoms. The Kier molecular flexibility index (Phi) is 3.67. The summed E-state index contributed by atoms with van der Waals surface area (Å²) in [4.78, 5) is 13.5. The van der Waals surface area contributed by atoms with Crippen LogP contribution in [0.25, 0.3) is 0 Å². The van der Waals surface area contributed by atoms with Gasteiger partial charge in [-0.05, 0) is 12.8 Å². The summed E-state index contributed by atoms with van der Waals surface area (Å²) in [5.74, 6) is -0.0892. The van der Waals surface area contributed by atoms with Gasteiger partial charge in [0.25, 0.3) is 5.91 Å². The molecule has 0 radical (unpaired) electrons. The number of aliphatic hydroxyl groups excluding tert-OH is 1. The van der Waals surface area contributed by atoms with Crippen molar-refractivity contribution in [2.24, 2.45) is 5.41 Å². The maximum atomic E-state index is 11.8. The molecular weight excluding hydrogens is 226 g/mol. The quantitative estimate of drug-likeness (QED) is 0.486. The lowest BCUT2D eigenvalue weighted by Crippen LogP contribution is -2.69. The van der Waals surface area contributed by atoms with Crippen molar-refractivity contribution in [3.63, 3.8) is 0 Å². The zero-order chi connectivity index (χ0) is 12.5. The molecule has 1 amide bonds. The van der Waals surface area contributed by atoms with Crippen molar-refractivity contribution in [1.82, 2.24) is 4.90 Å².